The molecule has 108 valence electrons. The second-order valence-electron chi connectivity index (χ2n) is 5.05. The molecular weight excluding hydrogens is 244 g/mol. The minimum atomic E-state index is -0.782. The van der Waals surface area contributed by atoms with Crippen LogP contribution in [0.4, 0.5) is 8.78 Å². The molecule has 0 aliphatic carbocycles. The predicted molar refractivity (Wildman–Crippen MR) is 76.1 cm³/mol. The highest BCUT2D eigenvalue weighted by atomic mass is 19.2. The Bertz CT molecular complexity index is 353. The molecule has 0 heterocycles. The van der Waals surface area contributed by atoms with Crippen molar-refractivity contribution in [3.63, 3.8) is 0 Å². The second-order valence-corrected chi connectivity index (χ2v) is 5.05. The van der Waals surface area contributed by atoms with Gasteiger partial charge >= 0.3 is 0 Å². The summed E-state index contributed by atoms with van der Waals surface area (Å²) in [6, 6.07) is 4.06. The molecule has 1 aromatic carbocycles. The van der Waals surface area contributed by atoms with Crippen molar-refractivity contribution in [1.29, 1.82) is 0 Å². The fourth-order valence-electron chi connectivity index (χ4n) is 2.09. The van der Waals surface area contributed by atoms with E-state index in [9.17, 15) is 8.78 Å². The normalized spacial score (nSPS) is 10.9. The van der Waals surface area contributed by atoms with E-state index in [1.165, 1.54) is 50.7 Å². The van der Waals surface area contributed by atoms with Gasteiger partial charge in [0.25, 0.3) is 0 Å². The summed E-state index contributed by atoms with van der Waals surface area (Å²) in [5.41, 5.74) is 0.793. The topological polar surface area (TPSA) is 12.0 Å². The maximum atomic E-state index is 13.0. The summed E-state index contributed by atoms with van der Waals surface area (Å²) in [4.78, 5) is 0. The zero-order chi connectivity index (χ0) is 13.9. The van der Waals surface area contributed by atoms with Gasteiger partial charge in [-0.15, -0.1) is 0 Å². The van der Waals surface area contributed by atoms with Crippen molar-refractivity contribution in [1.82, 2.24) is 5.32 Å². The Balaban J connectivity index is 2.00. The van der Waals surface area contributed by atoms with Crippen molar-refractivity contribution < 1.29 is 8.78 Å². The van der Waals surface area contributed by atoms with E-state index in [4.69, 9.17) is 0 Å². The molecule has 0 saturated heterocycles. The zero-order valence-corrected chi connectivity index (χ0v) is 11.9. The number of nitrogens with one attached hydrogen (secondary N) is 1. The molecule has 0 radical (unpaired) electrons. The van der Waals surface area contributed by atoms with Crippen molar-refractivity contribution in [2.75, 3.05) is 6.54 Å². The molecule has 0 amide bonds. The van der Waals surface area contributed by atoms with Crippen molar-refractivity contribution in [2.45, 2.75) is 58.4 Å². The fourth-order valence-corrected chi connectivity index (χ4v) is 2.09. The van der Waals surface area contributed by atoms with Gasteiger partial charge in [-0.2, -0.15) is 0 Å². The molecule has 0 aromatic heterocycles. The average Bonchev–Trinajstić information content (AvgIpc) is 2.41. The first-order chi connectivity index (χ1) is 9.24. The smallest absolute Gasteiger partial charge is 0.159 e. The number of hydrogen-bond acceptors (Lipinski definition) is 1. The molecule has 0 fully saturated rings. The van der Waals surface area contributed by atoms with Crippen LogP contribution in [0.25, 0.3) is 0 Å². The monoisotopic (exact) mass is 269 g/mol. The van der Waals surface area contributed by atoms with E-state index >= 15 is 0 Å². The van der Waals surface area contributed by atoms with Crippen LogP contribution in [0.5, 0.6) is 0 Å². The molecule has 1 aromatic rings. The average molecular weight is 269 g/mol. The summed E-state index contributed by atoms with van der Waals surface area (Å²) in [6.07, 6.45) is 9.00. The zero-order valence-electron chi connectivity index (χ0n) is 11.9. The lowest BCUT2D eigenvalue weighted by molar-refractivity contribution is 0.505. The van der Waals surface area contributed by atoms with Crippen LogP contribution in [0.1, 0.15) is 57.4 Å². The molecular formula is C16H25F2N. The van der Waals surface area contributed by atoms with Crippen molar-refractivity contribution in [3.05, 3.63) is 35.4 Å². The summed E-state index contributed by atoms with van der Waals surface area (Å²) >= 11 is 0. The Kier molecular flexibility index (Phi) is 8.39. The van der Waals surface area contributed by atoms with E-state index in [0.717, 1.165) is 18.5 Å². The number of benzene rings is 1. The Labute approximate surface area is 115 Å². The molecule has 0 aliphatic heterocycles. The first kappa shape index (κ1) is 16.1. The van der Waals surface area contributed by atoms with E-state index < -0.39 is 11.6 Å². The van der Waals surface area contributed by atoms with Gasteiger partial charge in [-0.1, -0.05) is 51.5 Å². The van der Waals surface area contributed by atoms with E-state index in [2.05, 4.69) is 12.2 Å². The third-order valence-electron chi connectivity index (χ3n) is 3.27. The van der Waals surface area contributed by atoms with E-state index in [1.807, 2.05) is 0 Å². The standard InChI is InChI=1S/C16H25F2N/c1-2-3-4-5-6-7-8-11-19-13-14-9-10-15(17)16(18)12-14/h9-10,12,19H,2-8,11,13H2,1H3. The summed E-state index contributed by atoms with van der Waals surface area (Å²) in [5, 5.41) is 3.26. The highest BCUT2D eigenvalue weighted by molar-refractivity contribution is 5.17. The van der Waals surface area contributed by atoms with Gasteiger partial charge in [0.1, 0.15) is 0 Å². The van der Waals surface area contributed by atoms with Crippen LogP contribution in [0, 0.1) is 11.6 Å². The maximum Gasteiger partial charge on any atom is 0.159 e. The number of halogens is 2. The highest BCUT2D eigenvalue weighted by Gasteiger charge is 2.01. The number of unbranched alkanes of at least 4 members (excludes halogenated alkanes) is 6. The molecule has 19 heavy (non-hydrogen) atoms. The summed E-state index contributed by atoms with van der Waals surface area (Å²) < 4.78 is 25.7. The van der Waals surface area contributed by atoms with Crippen LogP contribution in [-0.2, 0) is 6.54 Å². The molecule has 3 heteroatoms. The van der Waals surface area contributed by atoms with Crippen LogP contribution in [0.2, 0.25) is 0 Å². The van der Waals surface area contributed by atoms with Crippen LogP contribution >= 0.6 is 0 Å². The Hall–Kier alpha value is -0.960. The molecule has 0 bridgehead atoms. The quantitative estimate of drug-likeness (QED) is 0.601. The van der Waals surface area contributed by atoms with Gasteiger partial charge in [0.15, 0.2) is 11.6 Å². The molecule has 1 rings (SSSR count). The van der Waals surface area contributed by atoms with E-state index in [0.29, 0.717) is 6.54 Å². The SMILES string of the molecule is CCCCCCCCCNCc1ccc(F)c(F)c1. The van der Waals surface area contributed by atoms with Gasteiger partial charge in [0, 0.05) is 6.54 Å². The molecule has 0 unspecified atom stereocenters. The Morgan fingerprint density at radius 2 is 1.58 bits per heavy atom. The molecule has 0 aliphatic rings. The summed E-state index contributed by atoms with van der Waals surface area (Å²) in [6.45, 7) is 3.77. The van der Waals surface area contributed by atoms with E-state index in [1.54, 1.807) is 6.07 Å². The van der Waals surface area contributed by atoms with Crippen LogP contribution < -0.4 is 5.32 Å². The first-order valence-corrected chi connectivity index (χ1v) is 7.38. The van der Waals surface area contributed by atoms with Gasteiger partial charge in [0.2, 0.25) is 0 Å². The van der Waals surface area contributed by atoms with Crippen molar-refractivity contribution in [2.24, 2.45) is 0 Å². The highest BCUT2D eigenvalue weighted by Crippen LogP contribution is 2.09. The number of rotatable bonds is 10. The van der Waals surface area contributed by atoms with Crippen molar-refractivity contribution >= 4 is 0 Å². The minimum absolute atomic E-state index is 0.604. The summed E-state index contributed by atoms with van der Waals surface area (Å²) in [7, 11) is 0. The Morgan fingerprint density at radius 1 is 0.895 bits per heavy atom. The van der Waals surface area contributed by atoms with Gasteiger partial charge in [-0.3, -0.25) is 0 Å². The van der Waals surface area contributed by atoms with E-state index in [-0.39, 0.29) is 0 Å². The van der Waals surface area contributed by atoms with Gasteiger partial charge in [-0.25, -0.2) is 8.78 Å². The summed E-state index contributed by atoms with van der Waals surface area (Å²) in [5.74, 6) is -1.55. The lowest BCUT2D eigenvalue weighted by Crippen LogP contribution is -2.14. The molecule has 1 nitrogen and oxygen atoms in total. The molecule has 0 atom stereocenters. The molecule has 1 N–H and O–H groups in total. The minimum Gasteiger partial charge on any atom is -0.313 e. The Morgan fingerprint density at radius 3 is 2.26 bits per heavy atom. The third kappa shape index (κ3) is 7.26. The molecule has 0 saturated carbocycles. The van der Waals surface area contributed by atoms with Gasteiger partial charge in [0.05, 0.1) is 0 Å². The molecule has 0 spiro atoms. The third-order valence-corrected chi connectivity index (χ3v) is 3.27. The predicted octanol–water partition coefficient (Wildman–Crippen LogP) is 4.81. The number of hydrogen-bond donors (Lipinski definition) is 1. The van der Waals surface area contributed by atoms with Crippen LogP contribution in [0.3, 0.4) is 0 Å². The first-order valence-electron chi connectivity index (χ1n) is 7.38. The van der Waals surface area contributed by atoms with Gasteiger partial charge < -0.3 is 5.32 Å². The fraction of sp³-hybridized carbons (Fsp3) is 0.625. The lowest BCUT2D eigenvalue weighted by atomic mass is 10.1. The van der Waals surface area contributed by atoms with Gasteiger partial charge in [-0.05, 0) is 30.7 Å². The van der Waals surface area contributed by atoms with Crippen LogP contribution in [0.15, 0.2) is 18.2 Å². The largest absolute Gasteiger partial charge is 0.313 e. The lowest BCUT2D eigenvalue weighted by Gasteiger charge is -2.05. The maximum absolute atomic E-state index is 13.0. The van der Waals surface area contributed by atoms with Crippen LogP contribution in [-0.4, -0.2) is 6.54 Å². The van der Waals surface area contributed by atoms with Crippen molar-refractivity contribution in [3.8, 4) is 0 Å². The second kappa shape index (κ2) is 9.90.